The molecule has 2 aromatic rings. The van der Waals surface area contributed by atoms with Crippen molar-refractivity contribution in [1.29, 1.82) is 0 Å². The fourth-order valence-electron chi connectivity index (χ4n) is 5.72. The number of ether oxygens (including phenoxy) is 1. The molecule has 0 radical (unpaired) electrons. The van der Waals surface area contributed by atoms with Crippen LogP contribution < -0.4 is 5.32 Å². The number of amides is 2. The van der Waals surface area contributed by atoms with Crippen molar-refractivity contribution in [2.45, 2.75) is 52.5 Å². The number of sulfone groups is 2. The first-order chi connectivity index (χ1) is 21.1. The number of rotatable bonds is 6. The highest BCUT2D eigenvalue weighted by atomic mass is 32.2. The van der Waals surface area contributed by atoms with Crippen molar-refractivity contribution in [3.05, 3.63) is 65.5 Å². The average molecular weight is 707 g/mol. The SMILES string of the molecule is COC(=O)NC1(C(=O)N2CC[C@](c3ccc(C(F)(C(F)(F)F)C(F)(F)F)cc3)(S(=O)(=O)c3ccc(F)cc3)C2)CCS(=O)(=O)CC1. The van der Waals surface area contributed by atoms with E-state index < -0.39 is 126 Å². The van der Waals surface area contributed by atoms with Crippen molar-refractivity contribution in [3.8, 4) is 0 Å². The van der Waals surface area contributed by atoms with Gasteiger partial charge in [0.1, 0.15) is 16.1 Å². The molecule has 2 fully saturated rings. The minimum absolute atomic E-state index is 0.148. The lowest BCUT2D eigenvalue weighted by Crippen LogP contribution is -2.62. The van der Waals surface area contributed by atoms with E-state index in [9.17, 15) is 61.5 Å². The second-order valence-corrected chi connectivity index (χ2v) is 15.6. The van der Waals surface area contributed by atoms with Crippen LogP contribution in [0.4, 0.5) is 39.9 Å². The lowest BCUT2D eigenvalue weighted by atomic mass is 9.89. The highest BCUT2D eigenvalue weighted by molar-refractivity contribution is 7.92. The monoisotopic (exact) mass is 706 g/mol. The molecule has 2 aliphatic rings. The molecule has 46 heavy (non-hydrogen) atoms. The molecule has 0 aliphatic carbocycles. The summed E-state index contributed by atoms with van der Waals surface area (Å²) in [6, 6.07) is 4.78. The summed E-state index contributed by atoms with van der Waals surface area (Å²) in [5, 5.41) is 2.33. The quantitative estimate of drug-likeness (QED) is 0.351. The molecule has 254 valence electrons. The maximum atomic E-state index is 14.7. The minimum atomic E-state index is -6.43. The molecule has 2 saturated heterocycles. The summed E-state index contributed by atoms with van der Waals surface area (Å²) in [5.41, 5.74) is -9.96. The second-order valence-electron chi connectivity index (χ2n) is 11.0. The normalized spacial score (nSPS) is 21.9. The topological polar surface area (TPSA) is 127 Å². The van der Waals surface area contributed by atoms with Crippen LogP contribution in [-0.4, -0.2) is 83.3 Å². The molecule has 1 N–H and O–H groups in total. The Hall–Kier alpha value is -3.48. The summed E-state index contributed by atoms with van der Waals surface area (Å²) in [7, 11) is -7.36. The van der Waals surface area contributed by atoms with Crippen LogP contribution >= 0.6 is 0 Å². The maximum Gasteiger partial charge on any atom is 0.435 e. The van der Waals surface area contributed by atoms with Crippen LogP contribution in [0.5, 0.6) is 0 Å². The van der Waals surface area contributed by atoms with Gasteiger partial charge >= 0.3 is 24.1 Å². The Bertz CT molecular complexity index is 1680. The van der Waals surface area contributed by atoms with Crippen LogP contribution in [0.15, 0.2) is 53.4 Å². The Labute approximate surface area is 257 Å². The molecule has 4 rings (SSSR count). The van der Waals surface area contributed by atoms with E-state index in [-0.39, 0.29) is 12.1 Å². The first-order valence-corrected chi connectivity index (χ1v) is 16.7. The summed E-state index contributed by atoms with van der Waals surface area (Å²) >= 11 is 0. The van der Waals surface area contributed by atoms with Crippen molar-refractivity contribution in [3.63, 3.8) is 0 Å². The number of alkyl carbamates (subject to hydrolysis) is 1. The van der Waals surface area contributed by atoms with Crippen LogP contribution in [0.25, 0.3) is 0 Å². The van der Waals surface area contributed by atoms with Gasteiger partial charge in [0.2, 0.25) is 5.91 Å². The highest BCUT2D eigenvalue weighted by Crippen LogP contribution is 2.54. The van der Waals surface area contributed by atoms with Crippen molar-refractivity contribution >= 4 is 31.7 Å². The standard InChI is InChI=1S/C27H26F8N2O7S2/c1-44-22(39)36-23(11-14-45(40,41)15-12-23)21(38)37-13-10-24(16-37,46(42,43)20-8-6-19(28)7-9-20)17-2-4-18(5-3-17)25(29,26(30,31)32)27(33,34)35/h2-9H,10-16H2,1H3,(H,36,39)/t24-/m0/s1. The number of halogens is 8. The molecule has 2 aliphatic heterocycles. The third-order valence-corrected chi connectivity index (χ3v) is 12.5. The number of hydrogen-bond acceptors (Lipinski definition) is 7. The van der Waals surface area contributed by atoms with E-state index in [1.54, 1.807) is 0 Å². The first-order valence-electron chi connectivity index (χ1n) is 13.3. The van der Waals surface area contributed by atoms with Crippen LogP contribution in [0.2, 0.25) is 0 Å². The number of nitrogens with zero attached hydrogens (tertiary/aromatic N) is 1. The van der Waals surface area contributed by atoms with E-state index in [1.807, 2.05) is 0 Å². The van der Waals surface area contributed by atoms with E-state index in [4.69, 9.17) is 0 Å². The van der Waals surface area contributed by atoms with Crippen molar-refractivity contribution in [2.75, 3.05) is 31.7 Å². The Balaban J connectivity index is 1.83. The number of hydrogen-bond donors (Lipinski definition) is 1. The molecule has 0 bridgehead atoms. The fourth-order valence-corrected chi connectivity index (χ4v) is 9.33. The average Bonchev–Trinajstić information content (AvgIpc) is 3.44. The number of carbonyl (C=O) groups excluding carboxylic acids is 2. The summed E-state index contributed by atoms with van der Waals surface area (Å²) in [6.07, 6.45) is -15.3. The van der Waals surface area contributed by atoms with Gasteiger partial charge in [-0.15, -0.1) is 0 Å². The van der Waals surface area contributed by atoms with Crippen LogP contribution in [-0.2, 0) is 39.6 Å². The molecular formula is C27H26F8N2O7S2. The van der Waals surface area contributed by atoms with Gasteiger partial charge in [-0.25, -0.2) is 30.4 Å². The van der Waals surface area contributed by atoms with Gasteiger partial charge in [-0.1, -0.05) is 24.3 Å². The molecule has 2 heterocycles. The molecule has 2 aromatic carbocycles. The number of methoxy groups -OCH3 is 1. The highest BCUT2D eigenvalue weighted by Gasteiger charge is 2.73. The predicted molar refractivity (Wildman–Crippen MR) is 144 cm³/mol. The molecular weight excluding hydrogens is 680 g/mol. The molecule has 19 heteroatoms. The van der Waals surface area contributed by atoms with Gasteiger partial charge in [0.25, 0.3) is 0 Å². The number of nitrogens with one attached hydrogen (secondary N) is 1. The molecule has 0 spiro atoms. The van der Waals surface area contributed by atoms with Gasteiger partial charge in [0.05, 0.1) is 23.5 Å². The van der Waals surface area contributed by atoms with Crippen LogP contribution in [0.1, 0.15) is 30.4 Å². The van der Waals surface area contributed by atoms with Crippen LogP contribution in [0.3, 0.4) is 0 Å². The number of alkyl halides is 7. The van der Waals surface area contributed by atoms with Gasteiger partial charge in [-0.3, -0.25) is 4.79 Å². The zero-order chi connectivity index (χ0) is 34.6. The lowest BCUT2D eigenvalue weighted by Gasteiger charge is -2.39. The number of likely N-dealkylation sites (tertiary alicyclic amines) is 1. The van der Waals surface area contributed by atoms with Gasteiger partial charge in [-0.05, 0) is 49.1 Å². The number of benzene rings is 2. The van der Waals surface area contributed by atoms with E-state index in [0.29, 0.717) is 12.1 Å². The predicted octanol–water partition coefficient (Wildman–Crippen LogP) is 4.32. The Morgan fingerprint density at radius 1 is 0.870 bits per heavy atom. The third-order valence-electron chi connectivity index (χ3n) is 8.36. The van der Waals surface area contributed by atoms with Gasteiger partial charge in [-0.2, -0.15) is 26.3 Å². The largest absolute Gasteiger partial charge is 0.453 e. The summed E-state index contributed by atoms with van der Waals surface area (Å²) in [6.45, 7) is -1.17. The van der Waals surface area contributed by atoms with E-state index in [2.05, 4.69) is 10.1 Å². The van der Waals surface area contributed by atoms with Crippen molar-refractivity contribution in [2.24, 2.45) is 0 Å². The van der Waals surface area contributed by atoms with E-state index >= 15 is 0 Å². The Kier molecular flexibility index (Phi) is 8.95. The smallest absolute Gasteiger partial charge is 0.435 e. The third kappa shape index (κ3) is 5.91. The van der Waals surface area contributed by atoms with Crippen molar-refractivity contribution in [1.82, 2.24) is 10.2 Å². The second kappa shape index (κ2) is 11.6. The van der Waals surface area contributed by atoms with E-state index in [0.717, 1.165) is 36.3 Å². The summed E-state index contributed by atoms with van der Waals surface area (Å²) in [5.74, 6) is -2.80. The first kappa shape index (κ1) is 35.4. The van der Waals surface area contributed by atoms with E-state index in [1.165, 1.54) is 0 Å². The molecule has 0 unspecified atom stereocenters. The summed E-state index contributed by atoms with van der Waals surface area (Å²) < 4.78 is 164. The zero-order valence-electron chi connectivity index (χ0n) is 23.7. The lowest BCUT2D eigenvalue weighted by molar-refractivity contribution is -0.348. The van der Waals surface area contributed by atoms with Gasteiger partial charge in [0, 0.05) is 18.7 Å². The minimum Gasteiger partial charge on any atom is -0.453 e. The van der Waals surface area contributed by atoms with Crippen LogP contribution in [0, 0.1) is 5.82 Å². The van der Waals surface area contributed by atoms with Gasteiger partial charge in [0.15, 0.2) is 19.7 Å². The Morgan fingerprint density at radius 3 is 1.87 bits per heavy atom. The molecule has 9 nitrogen and oxygen atoms in total. The fraction of sp³-hybridized carbons (Fsp3) is 0.481. The number of carbonyl (C=O) groups is 2. The Morgan fingerprint density at radius 2 is 1.39 bits per heavy atom. The van der Waals surface area contributed by atoms with Crippen molar-refractivity contribution < 1.29 is 66.3 Å². The molecule has 0 aromatic heterocycles. The molecule has 2 amide bonds. The van der Waals surface area contributed by atoms with Gasteiger partial charge < -0.3 is 15.0 Å². The molecule has 1 atom stereocenters. The summed E-state index contributed by atoms with van der Waals surface area (Å²) in [4.78, 5) is 26.6. The molecule has 0 saturated carbocycles. The maximum absolute atomic E-state index is 14.7. The zero-order valence-corrected chi connectivity index (χ0v) is 25.3.